The van der Waals surface area contributed by atoms with Gasteiger partial charge in [0.05, 0.1) is 52.9 Å². The van der Waals surface area contributed by atoms with Gasteiger partial charge in [-0.2, -0.15) is 0 Å². The molecule has 3 aliphatic carbocycles. The summed E-state index contributed by atoms with van der Waals surface area (Å²) >= 11 is 5.72. The third-order valence-electron chi connectivity index (χ3n) is 29.2. The van der Waals surface area contributed by atoms with Crippen molar-refractivity contribution >= 4 is 225 Å². The summed E-state index contributed by atoms with van der Waals surface area (Å²) in [6.07, 6.45) is 0. The molecule has 29 aromatic rings. The number of hydrogen-bond donors (Lipinski definition) is 0. The highest BCUT2D eigenvalue weighted by atomic mass is 32.1. The van der Waals surface area contributed by atoms with Gasteiger partial charge in [0.25, 0.3) is 0 Å². The molecule has 0 aliphatic heterocycles. The Kier molecular flexibility index (Phi) is 15.2. The number of thiophene rings is 3. The first kappa shape index (κ1) is 72.7. The highest BCUT2D eigenvalue weighted by Crippen LogP contribution is 2.56. The van der Waals surface area contributed by atoms with Crippen LogP contribution in [0.1, 0.15) is 0 Å². The van der Waals surface area contributed by atoms with Gasteiger partial charge in [0.15, 0.2) is 0 Å². The summed E-state index contributed by atoms with van der Waals surface area (Å²) in [6.45, 7) is 0. The second-order valence-corrected chi connectivity index (χ2v) is 38.9. The molecule has 32 rings (SSSR count). The van der Waals surface area contributed by atoms with Crippen molar-refractivity contribution in [3.8, 4) is 106 Å². The van der Waals surface area contributed by atoms with E-state index >= 15 is 0 Å². The Balaban J connectivity index is 0.0000000953. The third-order valence-corrected chi connectivity index (χ3v) is 32.8. The van der Waals surface area contributed by atoms with Crippen LogP contribution in [0.2, 0.25) is 0 Å². The molecule has 6 heterocycles. The molecule has 3 aliphatic rings. The van der Waals surface area contributed by atoms with Gasteiger partial charge in [-0.25, -0.2) is 0 Å². The standard InChI is InChI=1S/2C44H25NS.C38H21NS/c1-2-12-30-26(9-1)19-24-39-42(30)38-23-22-37-33-15-5-6-18-40(33)46-44(37)43(38)45(39)28-11-7-10-27(25-28)29-20-21-36-32-14-4-3-13-31(32)35-17-8-16-34(29)41(35)36;1-2-9-30-26(8-1)18-25-39-42(30)38-24-23-37-33-12-5-6-15-40(33)46-44(37)43(38)45(39)28-19-16-27(17-20-28)29-21-22-36-32-11-4-3-10-31(32)35-14-7-13-34(29)41(35)36;1-2-9-23-22(8-1)16-20-33-36(23)31-18-17-29-26-12-5-6-15-34(26)40-38(29)37(31)39(33)32-21-19-28-25-11-4-3-10-24(25)27-13-7-14-30(32)35(27)28/h2*1-25H;1-21H. The zero-order valence-corrected chi connectivity index (χ0v) is 73.5. The van der Waals surface area contributed by atoms with Crippen molar-refractivity contribution in [2.45, 2.75) is 0 Å². The fourth-order valence-corrected chi connectivity index (χ4v) is 27.4. The lowest BCUT2D eigenvalue weighted by molar-refractivity contribution is 1.19. The molecule has 23 aromatic carbocycles. The topological polar surface area (TPSA) is 14.8 Å². The van der Waals surface area contributed by atoms with Crippen LogP contribution in [-0.4, -0.2) is 13.7 Å². The molecule has 6 aromatic heterocycles. The molecule has 0 radical (unpaired) electrons. The van der Waals surface area contributed by atoms with Crippen molar-refractivity contribution in [1.82, 2.24) is 13.7 Å². The molecule has 0 unspecified atom stereocenters. The van der Waals surface area contributed by atoms with Crippen molar-refractivity contribution in [2.24, 2.45) is 0 Å². The van der Waals surface area contributed by atoms with E-state index in [2.05, 4.69) is 444 Å². The predicted molar refractivity (Wildman–Crippen MR) is 570 cm³/mol. The minimum atomic E-state index is 1.18. The molecular weight excluding hydrogens is 1650 g/mol. The van der Waals surface area contributed by atoms with E-state index in [1.807, 2.05) is 34.0 Å². The minimum Gasteiger partial charge on any atom is -0.308 e. The molecule has 6 heteroatoms. The Morgan fingerprint density at radius 2 is 0.455 bits per heavy atom. The molecule has 0 amide bonds. The molecule has 0 spiro atoms. The second-order valence-electron chi connectivity index (χ2n) is 35.7. The first-order valence-corrected chi connectivity index (χ1v) is 48.0. The normalized spacial score (nSPS) is 12.4. The first-order chi connectivity index (χ1) is 65.5. The van der Waals surface area contributed by atoms with Crippen molar-refractivity contribution in [2.75, 3.05) is 0 Å². The van der Waals surface area contributed by atoms with Crippen molar-refractivity contribution in [3.63, 3.8) is 0 Å². The first-order valence-electron chi connectivity index (χ1n) is 45.5. The van der Waals surface area contributed by atoms with Gasteiger partial charge in [0.1, 0.15) is 0 Å². The SMILES string of the molecule is c1cc(-c2ccc3c4c(cccc24)-c2ccccc2-3)cc(-n2c3ccc4ccccc4c3c3ccc4c5ccccc5sc4c32)c1.c1ccc2c(c1)-c1cccc3c(-c4ccc(-n5c6ccc7ccccc7c6c6ccc7c8ccccc8sc7c65)cc4)ccc-2c13.c1ccc2c(c1)-c1cccc3c(-n4c5ccc6ccccc6c5c5ccc6c7ccccc7sc6c54)ccc-2c13. The summed E-state index contributed by atoms with van der Waals surface area (Å²) in [5.41, 5.74) is 32.3. The molecule has 0 bridgehead atoms. The van der Waals surface area contributed by atoms with Crippen LogP contribution in [0, 0.1) is 0 Å². The monoisotopic (exact) mass is 1720 g/mol. The van der Waals surface area contributed by atoms with Crippen molar-refractivity contribution in [3.05, 3.63) is 431 Å². The molecule has 0 N–H and O–H groups in total. The Labute approximate surface area is 768 Å². The van der Waals surface area contributed by atoms with Gasteiger partial charge in [-0.05, 0) is 215 Å². The van der Waals surface area contributed by atoms with Gasteiger partial charge in [0.2, 0.25) is 0 Å². The molecule has 0 saturated carbocycles. The van der Waals surface area contributed by atoms with Gasteiger partial charge in [-0.15, -0.1) is 34.0 Å². The zero-order valence-electron chi connectivity index (χ0n) is 71.1. The lowest BCUT2D eigenvalue weighted by Gasteiger charge is -2.14. The van der Waals surface area contributed by atoms with E-state index in [9.17, 15) is 0 Å². The Hall–Kier alpha value is -16.3. The van der Waals surface area contributed by atoms with Crippen LogP contribution in [0.15, 0.2) is 431 Å². The third kappa shape index (κ3) is 10.1. The number of rotatable bonds is 5. The van der Waals surface area contributed by atoms with Gasteiger partial charge in [-0.3, -0.25) is 0 Å². The molecule has 3 nitrogen and oxygen atoms in total. The van der Waals surface area contributed by atoms with Crippen LogP contribution >= 0.6 is 34.0 Å². The van der Waals surface area contributed by atoms with E-state index in [0.29, 0.717) is 0 Å². The van der Waals surface area contributed by atoms with Crippen LogP contribution in [0.4, 0.5) is 0 Å². The van der Waals surface area contributed by atoms with Crippen LogP contribution in [0.25, 0.3) is 297 Å². The van der Waals surface area contributed by atoms with E-state index in [0.717, 1.165) is 0 Å². The van der Waals surface area contributed by atoms with Crippen molar-refractivity contribution < 1.29 is 0 Å². The van der Waals surface area contributed by atoms with Crippen LogP contribution in [-0.2, 0) is 0 Å². The average Bonchev–Trinajstić information content (AvgIpc) is 1.53. The minimum absolute atomic E-state index is 1.18. The van der Waals surface area contributed by atoms with E-state index in [4.69, 9.17) is 0 Å². The Morgan fingerprint density at radius 3 is 0.886 bits per heavy atom. The largest absolute Gasteiger partial charge is 0.308 e. The average molecular weight is 1720 g/mol. The molecule has 0 saturated heterocycles. The van der Waals surface area contributed by atoms with Gasteiger partial charge >= 0.3 is 0 Å². The molecular formula is C126H71N3S3. The van der Waals surface area contributed by atoms with Gasteiger partial charge in [0, 0.05) is 95.5 Å². The van der Waals surface area contributed by atoms with E-state index in [1.54, 1.807) is 0 Å². The Morgan fingerprint density at radius 1 is 0.152 bits per heavy atom. The lowest BCUT2D eigenvalue weighted by Crippen LogP contribution is -1.96. The molecule has 132 heavy (non-hydrogen) atoms. The lowest BCUT2D eigenvalue weighted by atomic mass is 9.94. The quantitative estimate of drug-likeness (QED) is 0.163. The van der Waals surface area contributed by atoms with Gasteiger partial charge in [-0.1, -0.05) is 364 Å². The maximum atomic E-state index is 2.56. The fraction of sp³-hybridized carbons (Fsp3) is 0. The van der Waals surface area contributed by atoms with Crippen LogP contribution < -0.4 is 0 Å². The summed E-state index contributed by atoms with van der Waals surface area (Å²) in [6, 6.07) is 160. The second kappa shape index (κ2) is 27.6. The highest BCUT2D eigenvalue weighted by Gasteiger charge is 2.30. The fourth-order valence-electron chi connectivity index (χ4n) is 23.6. The summed E-state index contributed by atoms with van der Waals surface area (Å²) in [5.74, 6) is 0. The van der Waals surface area contributed by atoms with Crippen molar-refractivity contribution in [1.29, 1.82) is 0 Å². The predicted octanol–water partition coefficient (Wildman–Crippen LogP) is 36.7. The summed E-state index contributed by atoms with van der Waals surface area (Å²) in [7, 11) is 0. The molecule has 0 atom stereocenters. The smallest absolute Gasteiger partial charge is 0.0720 e. The van der Waals surface area contributed by atoms with E-state index < -0.39 is 0 Å². The van der Waals surface area contributed by atoms with Crippen LogP contribution in [0.5, 0.6) is 0 Å². The summed E-state index contributed by atoms with van der Waals surface area (Å²) in [5, 5.41) is 31.6. The molecule has 0 fully saturated rings. The highest BCUT2D eigenvalue weighted by molar-refractivity contribution is 7.27. The number of hydrogen-bond acceptors (Lipinski definition) is 3. The Bertz CT molecular complexity index is 10100. The number of aromatic nitrogens is 3. The maximum absolute atomic E-state index is 2.56. The summed E-state index contributed by atoms with van der Waals surface area (Å²) in [4.78, 5) is 0. The molecule has 608 valence electrons. The van der Waals surface area contributed by atoms with Crippen LogP contribution in [0.3, 0.4) is 0 Å². The number of nitrogens with zero attached hydrogens (tertiary/aromatic N) is 3. The maximum Gasteiger partial charge on any atom is 0.0720 e. The van der Waals surface area contributed by atoms with E-state index in [1.165, 1.54) is 297 Å². The summed E-state index contributed by atoms with van der Waals surface area (Å²) < 4.78 is 15.6. The van der Waals surface area contributed by atoms with Gasteiger partial charge < -0.3 is 13.7 Å². The van der Waals surface area contributed by atoms with E-state index in [-0.39, 0.29) is 0 Å². The number of fused-ring (bicyclic) bond motifs is 36. The number of benzene rings is 23. The zero-order chi connectivity index (χ0) is 85.8.